The van der Waals surface area contributed by atoms with Gasteiger partial charge in [-0.3, -0.25) is 4.79 Å². The average Bonchev–Trinajstić information content (AvgIpc) is 2.62. The van der Waals surface area contributed by atoms with Gasteiger partial charge in [0.1, 0.15) is 0 Å². The Labute approximate surface area is 152 Å². The quantitative estimate of drug-likeness (QED) is 0.839. The van der Waals surface area contributed by atoms with Crippen LogP contribution in [0.15, 0.2) is 48.5 Å². The molecule has 0 aliphatic heterocycles. The molecular formula is C20H20ClNO3. The average molecular weight is 358 g/mol. The Kier molecular flexibility index (Phi) is 5.39. The maximum absolute atomic E-state index is 12.4. The van der Waals surface area contributed by atoms with Crippen molar-refractivity contribution in [2.24, 2.45) is 0 Å². The molecule has 2 aromatic carbocycles. The fourth-order valence-corrected chi connectivity index (χ4v) is 3.28. The largest absolute Gasteiger partial charge is 0.449 e. The van der Waals surface area contributed by atoms with Gasteiger partial charge < -0.3 is 10.1 Å². The van der Waals surface area contributed by atoms with E-state index in [1.54, 1.807) is 25.1 Å². The van der Waals surface area contributed by atoms with E-state index in [-0.39, 0.29) is 11.9 Å². The van der Waals surface area contributed by atoms with Crippen LogP contribution in [0.4, 0.5) is 0 Å². The van der Waals surface area contributed by atoms with Crippen molar-refractivity contribution < 1.29 is 14.3 Å². The number of fused-ring (bicyclic) bond motifs is 1. The van der Waals surface area contributed by atoms with Gasteiger partial charge in [0.15, 0.2) is 6.10 Å². The first kappa shape index (κ1) is 17.5. The van der Waals surface area contributed by atoms with Crippen LogP contribution in [-0.2, 0) is 16.0 Å². The molecule has 0 bridgehead atoms. The van der Waals surface area contributed by atoms with Gasteiger partial charge in [-0.1, -0.05) is 41.9 Å². The van der Waals surface area contributed by atoms with Gasteiger partial charge in [0, 0.05) is 5.02 Å². The summed E-state index contributed by atoms with van der Waals surface area (Å²) in [6, 6.07) is 14.6. The molecule has 0 unspecified atom stereocenters. The van der Waals surface area contributed by atoms with Gasteiger partial charge in [0.05, 0.1) is 11.6 Å². The standard InChI is InChI=1S/C20H20ClNO3/c1-13(25-20(24)15-8-4-9-16(21)12-15)19(23)22-18-11-5-7-14-6-2-3-10-17(14)18/h2-4,6,8-10,12-13,18H,5,7,11H2,1H3,(H,22,23)/t13-,18+/m0/s1. The molecule has 1 aliphatic rings. The van der Waals surface area contributed by atoms with E-state index in [1.807, 2.05) is 18.2 Å². The fourth-order valence-electron chi connectivity index (χ4n) is 3.09. The summed E-state index contributed by atoms with van der Waals surface area (Å²) in [5, 5.41) is 3.45. The number of hydrogen-bond acceptors (Lipinski definition) is 3. The van der Waals surface area contributed by atoms with Crippen molar-refractivity contribution in [1.82, 2.24) is 5.32 Å². The van der Waals surface area contributed by atoms with Crippen molar-refractivity contribution in [3.05, 3.63) is 70.2 Å². The topological polar surface area (TPSA) is 55.4 Å². The minimum absolute atomic E-state index is 0.0372. The summed E-state index contributed by atoms with van der Waals surface area (Å²) >= 11 is 5.88. The fraction of sp³-hybridized carbons (Fsp3) is 0.300. The van der Waals surface area contributed by atoms with Crippen molar-refractivity contribution in [3.63, 3.8) is 0 Å². The summed E-state index contributed by atoms with van der Waals surface area (Å²) in [6.07, 6.45) is 2.07. The molecule has 0 radical (unpaired) electrons. The number of ether oxygens (including phenoxy) is 1. The lowest BCUT2D eigenvalue weighted by Crippen LogP contribution is -2.39. The highest BCUT2D eigenvalue weighted by Gasteiger charge is 2.25. The zero-order valence-electron chi connectivity index (χ0n) is 14.0. The highest BCUT2D eigenvalue weighted by Crippen LogP contribution is 2.29. The molecule has 0 aromatic heterocycles. The Morgan fingerprint density at radius 1 is 1.20 bits per heavy atom. The monoisotopic (exact) mass is 357 g/mol. The molecular weight excluding hydrogens is 338 g/mol. The molecule has 3 rings (SSSR count). The summed E-state index contributed by atoms with van der Waals surface area (Å²) in [5.74, 6) is -0.855. The number of amides is 1. The second kappa shape index (κ2) is 7.70. The molecule has 25 heavy (non-hydrogen) atoms. The SMILES string of the molecule is C[C@H](OC(=O)c1cccc(Cl)c1)C(=O)N[C@@H]1CCCc2ccccc21. The van der Waals surface area contributed by atoms with Crippen LogP contribution < -0.4 is 5.32 Å². The smallest absolute Gasteiger partial charge is 0.338 e. The van der Waals surface area contributed by atoms with Gasteiger partial charge in [0.25, 0.3) is 5.91 Å². The van der Waals surface area contributed by atoms with Crippen molar-refractivity contribution >= 4 is 23.5 Å². The van der Waals surface area contributed by atoms with Gasteiger partial charge in [-0.05, 0) is 55.5 Å². The van der Waals surface area contributed by atoms with Crippen molar-refractivity contribution in [2.75, 3.05) is 0 Å². The molecule has 0 spiro atoms. The third-order valence-electron chi connectivity index (χ3n) is 4.40. The molecule has 2 aromatic rings. The first-order valence-corrected chi connectivity index (χ1v) is 8.77. The number of halogens is 1. The van der Waals surface area contributed by atoms with Crippen LogP contribution in [0.5, 0.6) is 0 Å². The van der Waals surface area contributed by atoms with E-state index >= 15 is 0 Å². The van der Waals surface area contributed by atoms with E-state index in [4.69, 9.17) is 16.3 Å². The van der Waals surface area contributed by atoms with E-state index in [0.717, 1.165) is 24.8 Å². The molecule has 4 nitrogen and oxygen atoms in total. The third kappa shape index (κ3) is 4.20. The second-order valence-corrected chi connectivity index (χ2v) is 6.65. The lowest BCUT2D eigenvalue weighted by Gasteiger charge is -2.27. The van der Waals surface area contributed by atoms with Crippen LogP contribution in [0.2, 0.25) is 5.02 Å². The molecule has 1 N–H and O–H groups in total. The second-order valence-electron chi connectivity index (χ2n) is 6.21. The lowest BCUT2D eigenvalue weighted by molar-refractivity contribution is -0.130. The Bertz CT molecular complexity index is 790. The number of benzene rings is 2. The maximum Gasteiger partial charge on any atom is 0.338 e. The van der Waals surface area contributed by atoms with Crippen molar-refractivity contribution in [1.29, 1.82) is 0 Å². The zero-order chi connectivity index (χ0) is 17.8. The summed E-state index contributed by atoms with van der Waals surface area (Å²) in [6.45, 7) is 1.58. The van der Waals surface area contributed by atoms with Crippen molar-refractivity contribution in [3.8, 4) is 0 Å². The van der Waals surface area contributed by atoms with E-state index in [1.165, 1.54) is 11.6 Å². The maximum atomic E-state index is 12.4. The minimum atomic E-state index is -0.874. The summed E-state index contributed by atoms with van der Waals surface area (Å²) in [5.41, 5.74) is 2.74. The Morgan fingerprint density at radius 2 is 2.00 bits per heavy atom. The van der Waals surface area contributed by atoms with Crippen LogP contribution in [0, 0.1) is 0 Å². The summed E-state index contributed by atoms with van der Waals surface area (Å²) < 4.78 is 5.27. The molecule has 0 saturated heterocycles. The molecule has 130 valence electrons. The van der Waals surface area contributed by atoms with Gasteiger partial charge >= 0.3 is 5.97 Å². The lowest BCUT2D eigenvalue weighted by atomic mass is 9.87. The number of esters is 1. The molecule has 2 atom stereocenters. The summed E-state index contributed by atoms with van der Waals surface area (Å²) in [4.78, 5) is 24.6. The molecule has 1 aliphatic carbocycles. The highest BCUT2D eigenvalue weighted by molar-refractivity contribution is 6.30. The predicted octanol–water partition coefficient (Wildman–Crippen LogP) is 4.08. The van der Waals surface area contributed by atoms with Gasteiger partial charge in [0.2, 0.25) is 0 Å². The van der Waals surface area contributed by atoms with Crippen LogP contribution >= 0.6 is 11.6 Å². The molecule has 1 amide bonds. The summed E-state index contributed by atoms with van der Waals surface area (Å²) in [7, 11) is 0. The van der Waals surface area contributed by atoms with Crippen molar-refractivity contribution in [2.45, 2.75) is 38.3 Å². The van der Waals surface area contributed by atoms with Crippen LogP contribution in [0.25, 0.3) is 0 Å². The van der Waals surface area contributed by atoms with E-state index in [0.29, 0.717) is 10.6 Å². The van der Waals surface area contributed by atoms with E-state index in [9.17, 15) is 9.59 Å². The number of aryl methyl sites for hydroxylation is 1. The Morgan fingerprint density at radius 3 is 2.80 bits per heavy atom. The predicted molar refractivity (Wildman–Crippen MR) is 96.6 cm³/mol. The van der Waals surface area contributed by atoms with Crippen LogP contribution in [0.3, 0.4) is 0 Å². The van der Waals surface area contributed by atoms with Crippen LogP contribution in [-0.4, -0.2) is 18.0 Å². The Balaban J connectivity index is 1.63. The van der Waals surface area contributed by atoms with Gasteiger partial charge in [-0.25, -0.2) is 4.79 Å². The zero-order valence-corrected chi connectivity index (χ0v) is 14.8. The Hall–Kier alpha value is -2.33. The first-order chi connectivity index (χ1) is 12.0. The molecule has 0 fully saturated rings. The van der Waals surface area contributed by atoms with Gasteiger partial charge in [-0.15, -0.1) is 0 Å². The third-order valence-corrected chi connectivity index (χ3v) is 4.63. The minimum Gasteiger partial charge on any atom is -0.449 e. The van der Waals surface area contributed by atoms with E-state index in [2.05, 4.69) is 11.4 Å². The molecule has 5 heteroatoms. The number of hydrogen-bond donors (Lipinski definition) is 1. The van der Waals surface area contributed by atoms with E-state index < -0.39 is 12.1 Å². The first-order valence-electron chi connectivity index (χ1n) is 8.39. The number of rotatable bonds is 4. The van der Waals surface area contributed by atoms with Crippen LogP contribution in [0.1, 0.15) is 47.3 Å². The molecule has 0 saturated carbocycles. The normalized spacial score (nSPS) is 17.3. The number of carbonyl (C=O) groups excluding carboxylic acids is 2. The van der Waals surface area contributed by atoms with Gasteiger partial charge in [-0.2, -0.15) is 0 Å². The number of nitrogens with one attached hydrogen (secondary N) is 1. The molecule has 0 heterocycles. The number of carbonyl (C=O) groups is 2. The highest BCUT2D eigenvalue weighted by atomic mass is 35.5.